The molecular weight excluding hydrogens is 294 g/mol. The van der Waals surface area contributed by atoms with Gasteiger partial charge in [-0.3, -0.25) is 4.72 Å². The van der Waals surface area contributed by atoms with Crippen LogP contribution < -0.4 is 15.4 Å². The number of nitrogens with one attached hydrogen (secondary N) is 3. The van der Waals surface area contributed by atoms with Gasteiger partial charge in [-0.15, -0.1) is 0 Å². The molecule has 0 radical (unpaired) electrons. The molecule has 0 spiro atoms. The lowest BCUT2D eigenvalue weighted by molar-refractivity contribution is 0.179. The van der Waals surface area contributed by atoms with E-state index in [0.717, 1.165) is 18.4 Å². The minimum absolute atomic E-state index is 0.478. The second kappa shape index (κ2) is 5.90. The van der Waals surface area contributed by atoms with E-state index in [1.165, 1.54) is 0 Å². The van der Waals surface area contributed by atoms with Crippen LogP contribution in [-0.2, 0) is 16.4 Å². The van der Waals surface area contributed by atoms with Crippen LogP contribution in [-0.4, -0.2) is 44.5 Å². The van der Waals surface area contributed by atoms with E-state index in [0.29, 0.717) is 25.1 Å². The van der Waals surface area contributed by atoms with Crippen LogP contribution >= 0.6 is 0 Å². The fraction of sp³-hybridized carbons (Fsp3) is 0.462. The molecule has 1 aliphatic heterocycles. The first-order chi connectivity index (χ1) is 9.78. The summed E-state index contributed by atoms with van der Waals surface area (Å²) >= 11 is 0. The molecule has 0 saturated carbocycles. The van der Waals surface area contributed by atoms with E-state index < -0.39 is 21.7 Å². The Kier molecular flexibility index (Phi) is 4.38. The van der Waals surface area contributed by atoms with Crippen molar-refractivity contribution in [2.75, 3.05) is 24.1 Å². The van der Waals surface area contributed by atoms with Crippen LogP contribution in [0.4, 0.5) is 10.5 Å². The van der Waals surface area contributed by atoms with Crippen molar-refractivity contribution in [3.63, 3.8) is 0 Å². The van der Waals surface area contributed by atoms with Crippen LogP contribution in [0.15, 0.2) is 24.3 Å². The number of amides is 1. The van der Waals surface area contributed by atoms with Gasteiger partial charge in [0.2, 0.25) is 10.0 Å². The smallest absolute Gasteiger partial charge is 0.405 e. The first-order valence-corrected chi connectivity index (χ1v) is 8.46. The highest BCUT2D eigenvalue weighted by atomic mass is 32.2. The highest BCUT2D eigenvalue weighted by Gasteiger charge is 2.35. The van der Waals surface area contributed by atoms with Gasteiger partial charge in [-0.25, -0.2) is 13.2 Å². The zero-order valence-corrected chi connectivity index (χ0v) is 12.5. The molecule has 1 atom stereocenters. The number of rotatable bonds is 5. The van der Waals surface area contributed by atoms with Gasteiger partial charge < -0.3 is 15.7 Å². The quantitative estimate of drug-likeness (QED) is 0.637. The Morgan fingerprint density at radius 1 is 1.48 bits per heavy atom. The summed E-state index contributed by atoms with van der Waals surface area (Å²) in [7, 11) is -3.33. The van der Waals surface area contributed by atoms with Crippen LogP contribution in [0.5, 0.6) is 0 Å². The maximum atomic E-state index is 11.3. The molecule has 21 heavy (non-hydrogen) atoms. The van der Waals surface area contributed by atoms with Crippen LogP contribution in [0, 0.1) is 0 Å². The third kappa shape index (κ3) is 4.61. The van der Waals surface area contributed by atoms with Gasteiger partial charge in [0.15, 0.2) is 0 Å². The Labute approximate surface area is 123 Å². The maximum absolute atomic E-state index is 11.3. The normalized spacial score (nSPS) is 22.0. The number of carboxylic acid groups (broad SMARTS) is 1. The van der Waals surface area contributed by atoms with E-state index in [-0.39, 0.29) is 0 Å². The summed E-state index contributed by atoms with van der Waals surface area (Å²) in [5.41, 5.74) is 0.808. The summed E-state index contributed by atoms with van der Waals surface area (Å²) in [5, 5.41) is 14.7. The number of anilines is 1. The first kappa shape index (κ1) is 15.6. The second-order valence-electron chi connectivity index (χ2n) is 5.39. The maximum Gasteiger partial charge on any atom is 0.405 e. The molecule has 1 saturated heterocycles. The van der Waals surface area contributed by atoms with E-state index >= 15 is 0 Å². The Morgan fingerprint density at radius 2 is 2.24 bits per heavy atom. The van der Waals surface area contributed by atoms with Crippen LogP contribution in [0.3, 0.4) is 0 Å². The summed E-state index contributed by atoms with van der Waals surface area (Å²) < 4.78 is 24.9. The molecule has 7 nitrogen and oxygen atoms in total. The average Bonchev–Trinajstić information content (AvgIpc) is 2.74. The van der Waals surface area contributed by atoms with Crippen LogP contribution in [0.2, 0.25) is 0 Å². The first-order valence-electron chi connectivity index (χ1n) is 6.57. The molecule has 1 amide bonds. The third-order valence-electron chi connectivity index (χ3n) is 3.39. The molecule has 0 unspecified atom stereocenters. The minimum Gasteiger partial charge on any atom is -0.465 e. The van der Waals surface area contributed by atoms with Gasteiger partial charge in [-0.2, -0.15) is 0 Å². The highest BCUT2D eigenvalue weighted by molar-refractivity contribution is 7.92. The standard InChI is InChI=1S/C13H19N3O4S/c1-21(19,20)16-11-4-2-3-10(7-11)8-13(15-12(17)18)5-6-14-9-13/h2-4,7,14-16H,5-6,8-9H2,1H3,(H,17,18)/t13-/m0/s1. The molecule has 116 valence electrons. The molecule has 8 heteroatoms. The number of hydrogen-bond donors (Lipinski definition) is 4. The highest BCUT2D eigenvalue weighted by Crippen LogP contribution is 2.23. The van der Waals surface area contributed by atoms with Crippen molar-refractivity contribution in [1.82, 2.24) is 10.6 Å². The predicted molar refractivity (Wildman–Crippen MR) is 80.0 cm³/mol. The van der Waals surface area contributed by atoms with Crippen molar-refractivity contribution in [3.8, 4) is 0 Å². The second-order valence-corrected chi connectivity index (χ2v) is 7.14. The molecule has 1 aromatic carbocycles. The molecule has 0 aliphatic carbocycles. The molecule has 4 N–H and O–H groups in total. The van der Waals surface area contributed by atoms with Gasteiger partial charge in [0.1, 0.15) is 0 Å². The molecule has 0 aromatic heterocycles. The lowest BCUT2D eigenvalue weighted by Gasteiger charge is -2.28. The van der Waals surface area contributed by atoms with Gasteiger partial charge in [0.25, 0.3) is 0 Å². The fourth-order valence-electron chi connectivity index (χ4n) is 2.62. The summed E-state index contributed by atoms with van der Waals surface area (Å²) in [6.07, 6.45) is 1.24. The lowest BCUT2D eigenvalue weighted by atomic mass is 9.90. The molecule has 0 bridgehead atoms. The molecule has 1 fully saturated rings. The third-order valence-corrected chi connectivity index (χ3v) is 4.00. The Bertz CT molecular complexity index is 624. The summed E-state index contributed by atoms with van der Waals surface area (Å²) in [6.45, 7) is 1.31. The monoisotopic (exact) mass is 313 g/mol. The molecule has 1 heterocycles. The predicted octanol–water partition coefficient (Wildman–Crippen LogP) is 0.600. The molecular formula is C13H19N3O4S. The van der Waals surface area contributed by atoms with Crippen molar-refractivity contribution in [2.24, 2.45) is 0 Å². The van der Waals surface area contributed by atoms with Crippen molar-refractivity contribution in [2.45, 2.75) is 18.4 Å². The van der Waals surface area contributed by atoms with Gasteiger partial charge in [0, 0.05) is 12.2 Å². The van der Waals surface area contributed by atoms with Crippen molar-refractivity contribution < 1.29 is 18.3 Å². The van der Waals surface area contributed by atoms with Crippen LogP contribution in [0.1, 0.15) is 12.0 Å². The SMILES string of the molecule is CS(=O)(=O)Nc1cccc(C[C@@]2(NC(=O)O)CCNC2)c1. The summed E-state index contributed by atoms with van der Waals surface area (Å²) in [5.74, 6) is 0. The van der Waals surface area contributed by atoms with E-state index in [1.54, 1.807) is 18.2 Å². The van der Waals surface area contributed by atoms with Crippen molar-refractivity contribution in [3.05, 3.63) is 29.8 Å². The van der Waals surface area contributed by atoms with Gasteiger partial charge in [-0.1, -0.05) is 12.1 Å². The molecule has 1 aliphatic rings. The van der Waals surface area contributed by atoms with Crippen molar-refractivity contribution in [1.29, 1.82) is 0 Å². The summed E-state index contributed by atoms with van der Waals surface area (Å²) in [6, 6.07) is 7.00. The van der Waals surface area contributed by atoms with E-state index in [2.05, 4.69) is 15.4 Å². The number of hydrogen-bond acceptors (Lipinski definition) is 4. The molecule has 1 aromatic rings. The van der Waals surface area contributed by atoms with E-state index in [9.17, 15) is 13.2 Å². The zero-order chi connectivity index (χ0) is 15.5. The minimum atomic E-state index is -3.33. The van der Waals surface area contributed by atoms with Gasteiger partial charge in [0.05, 0.1) is 11.8 Å². The van der Waals surface area contributed by atoms with Gasteiger partial charge in [-0.05, 0) is 37.1 Å². The fourth-order valence-corrected chi connectivity index (χ4v) is 3.18. The van der Waals surface area contributed by atoms with Crippen LogP contribution in [0.25, 0.3) is 0 Å². The van der Waals surface area contributed by atoms with E-state index in [4.69, 9.17) is 5.11 Å². The average molecular weight is 313 g/mol. The molecule has 2 rings (SSSR count). The van der Waals surface area contributed by atoms with Gasteiger partial charge >= 0.3 is 6.09 Å². The lowest BCUT2D eigenvalue weighted by Crippen LogP contribution is -2.51. The van der Waals surface area contributed by atoms with Crippen molar-refractivity contribution >= 4 is 21.8 Å². The zero-order valence-electron chi connectivity index (χ0n) is 11.7. The Balaban J connectivity index is 2.17. The van der Waals surface area contributed by atoms with E-state index in [1.807, 2.05) is 6.07 Å². The Morgan fingerprint density at radius 3 is 2.81 bits per heavy atom. The Hall–Kier alpha value is -1.80. The number of sulfonamides is 1. The number of benzene rings is 1. The summed E-state index contributed by atoms with van der Waals surface area (Å²) in [4.78, 5) is 11.0. The largest absolute Gasteiger partial charge is 0.465 e. The topological polar surface area (TPSA) is 108 Å². The number of carbonyl (C=O) groups is 1.